The molecule has 3 heterocycles. The van der Waals surface area contributed by atoms with Gasteiger partial charge in [-0.05, 0) is 61.7 Å². The van der Waals surface area contributed by atoms with Crippen LogP contribution in [0.4, 0.5) is 5.69 Å². The molecule has 0 radical (unpaired) electrons. The molecule has 0 saturated carbocycles. The van der Waals surface area contributed by atoms with Crippen LogP contribution in [0.25, 0.3) is 0 Å². The van der Waals surface area contributed by atoms with Crippen LogP contribution in [0, 0.1) is 6.92 Å². The molecule has 1 N–H and O–H groups in total. The minimum Gasteiger partial charge on any atom is -0.338 e. The number of pyridine rings is 1. The third-order valence-electron chi connectivity index (χ3n) is 5.61. The number of nitrogens with zero attached hydrogens (tertiary/aromatic N) is 4. The first kappa shape index (κ1) is 22.9. The molecular weight excluding hydrogens is 434 g/mol. The van der Waals surface area contributed by atoms with Crippen LogP contribution < -0.4 is 5.32 Å². The summed E-state index contributed by atoms with van der Waals surface area (Å²) in [6, 6.07) is 12.9. The summed E-state index contributed by atoms with van der Waals surface area (Å²) < 4.78 is 0. The first-order chi connectivity index (χ1) is 16.0. The van der Waals surface area contributed by atoms with E-state index >= 15 is 0 Å². The molecule has 1 unspecified atom stereocenters. The predicted octanol–water partition coefficient (Wildman–Crippen LogP) is 4.45. The maximum absolute atomic E-state index is 13.1. The fourth-order valence-corrected chi connectivity index (χ4v) is 4.75. The van der Waals surface area contributed by atoms with E-state index in [0.29, 0.717) is 23.5 Å². The molecule has 1 atom stereocenters. The van der Waals surface area contributed by atoms with Gasteiger partial charge in [0, 0.05) is 55.3 Å². The second kappa shape index (κ2) is 10.6. The predicted molar refractivity (Wildman–Crippen MR) is 129 cm³/mol. The van der Waals surface area contributed by atoms with Crippen LogP contribution in [0.15, 0.2) is 60.0 Å². The fourth-order valence-electron chi connectivity index (χ4n) is 4.01. The number of aryl methyl sites for hydroxylation is 1. The highest BCUT2D eigenvalue weighted by atomic mass is 32.2. The van der Waals surface area contributed by atoms with Crippen LogP contribution in [0.5, 0.6) is 0 Å². The molecule has 0 aliphatic carbocycles. The Balaban J connectivity index is 1.44. The second-order valence-electron chi connectivity index (χ2n) is 8.18. The van der Waals surface area contributed by atoms with Gasteiger partial charge in [0.25, 0.3) is 5.91 Å². The van der Waals surface area contributed by atoms with Crippen molar-refractivity contribution < 1.29 is 9.59 Å². The zero-order valence-electron chi connectivity index (χ0n) is 18.8. The Kier molecular flexibility index (Phi) is 7.34. The van der Waals surface area contributed by atoms with Gasteiger partial charge in [0.05, 0.1) is 11.4 Å². The van der Waals surface area contributed by atoms with Crippen LogP contribution in [-0.4, -0.2) is 44.8 Å². The van der Waals surface area contributed by atoms with Gasteiger partial charge in [-0.25, -0.2) is 9.97 Å². The lowest BCUT2D eigenvalue weighted by Crippen LogP contribution is -2.39. The average Bonchev–Trinajstić information content (AvgIpc) is 2.84. The maximum atomic E-state index is 13.1. The fraction of sp³-hybridized carbons (Fsp3) is 0.320. The highest BCUT2D eigenvalue weighted by Crippen LogP contribution is 2.30. The van der Waals surface area contributed by atoms with Gasteiger partial charge >= 0.3 is 0 Å². The van der Waals surface area contributed by atoms with Crippen molar-refractivity contribution in [1.29, 1.82) is 0 Å². The first-order valence-electron chi connectivity index (χ1n) is 11.0. The number of likely N-dealkylation sites (tertiary alicyclic amines) is 1. The SMILES string of the molecule is CC(=O)Nc1ccc(C(=O)N2CCCC(c3nc(SCc4ccccn4)ncc3C)C2)cc1. The quantitative estimate of drug-likeness (QED) is 0.431. The maximum Gasteiger partial charge on any atom is 0.253 e. The van der Waals surface area contributed by atoms with Crippen LogP contribution >= 0.6 is 11.8 Å². The van der Waals surface area contributed by atoms with Crippen molar-refractivity contribution in [1.82, 2.24) is 19.9 Å². The summed E-state index contributed by atoms with van der Waals surface area (Å²) in [5.41, 5.74) is 4.37. The highest BCUT2D eigenvalue weighted by molar-refractivity contribution is 7.98. The van der Waals surface area contributed by atoms with Gasteiger partial charge in [0.1, 0.15) is 0 Å². The molecule has 4 rings (SSSR count). The largest absolute Gasteiger partial charge is 0.338 e. The highest BCUT2D eigenvalue weighted by Gasteiger charge is 2.27. The number of rotatable bonds is 6. The van der Waals surface area contributed by atoms with Gasteiger partial charge in [-0.3, -0.25) is 14.6 Å². The third-order valence-corrected chi connectivity index (χ3v) is 6.51. The molecule has 1 aliphatic heterocycles. The normalized spacial score (nSPS) is 15.8. The summed E-state index contributed by atoms with van der Waals surface area (Å²) >= 11 is 1.57. The summed E-state index contributed by atoms with van der Waals surface area (Å²) in [6.07, 6.45) is 5.59. The third kappa shape index (κ3) is 5.96. The van der Waals surface area contributed by atoms with Gasteiger partial charge in [0.15, 0.2) is 5.16 Å². The van der Waals surface area contributed by atoms with E-state index < -0.39 is 0 Å². The van der Waals surface area contributed by atoms with E-state index in [2.05, 4.69) is 15.3 Å². The van der Waals surface area contributed by atoms with Crippen LogP contribution in [-0.2, 0) is 10.5 Å². The minimum atomic E-state index is -0.134. The lowest BCUT2D eigenvalue weighted by molar-refractivity contribution is -0.114. The van der Waals surface area contributed by atoms with Gasteiger partial charge in [-0.1, -0.05) is 17.8 Å². The van der Waals surface area contributed by atoms with E-state index in [1.165, 1.54) is 6.92 Å². The number of thioether (sulfide) groups is 1. The van der Waals surface area contributed by atoms with E-state index in [9.17, 15) is 9.59 Å². The molecule has 170 valence electrons. The average molecular weight is 462 g/mol. The molecule has 2 aromatic heterocycles. The van der Waals surface area contributed by atoms with E-state index in [4.69, 9.17) is 4.98 Å². The topological polar surface area (TPSA) is 88.1 Å². The molecule has 1 fully saturated rings. The number of hydrogen-bond donors (Lipinski definition) is 1. The standard InChI is InChI=1S/C25H27N5O2S/c1-17-14-27-25(33-16-22-7-3-4-12-26-22)29-23(17)20-6-5-13-30(15-20)24(32)19-8-10-21(11-9-19)28-18(2)31/h3-4,7-12,14,20H,5-6,13,15-16H2,1-2H3,(H,28,31). The molecule has 3 aromatic rings. The van der Waals surface area contributed by atoms with Crippen molar-refractivity contribution in [2.75, 3.05) is 18.4 Å². The molecule has 1 saturated heterocycles. The van der Waals surface area contributed by atoms with Gasteiger partial charge in [-0.2, -0.15) is 0 Å². The molecule has 2 amide bonds. The second-order valence-corrected chi connectivity index (χ2v) is 9.12. The Labute approximate surface area is 198 Å². The Bertz CT molecular complexity index is 1120. The van der Waals surface area contributed by atoms with Gasteiger partial charge < -0.3 is 10.2 Å². The van der Waals surface area contributed by atoms with E-state index in [1.807, 2.05) is 36.2 Å². The minimum absolute atomic E-state index is 0.00512. The van der Waals surface area contributed by atoms with Crippen molar-refractivity contribution in [2.45, 2.75) is 43.5 Å². The van der Waals surface area contributed by atoms with Crippen molar-refractivity contribution >= 4 is 29.3 Å². The zero-order chi connectivity index (χ0) is 23.2. The van der Waals surface area contributed by atoms with Crippen molar-refractivity contribution in [3.8, 4) is 0 Å². The smallest absolute Gasteiger partial charge is 0.253 e. The molecule has 1 aromatic carbocycles. The number of benzene rings is 1. The van der Waals surface area contributed by atoms with E-state index in [0.717, 1.165) is 41.5 Å². The summed E-state index contributed by atoms with van der Waals surface area (Å²) in [5.74, 6) is 0.766. The molecule has 33 heavy (non-hydrogen) atoms. The first-order valence-corrected chi connectivity index (χ1v) is 12.0. The lowest BCUT2D eigenvalue weighted by atomic mass is 9.92. The van der Waals surface area contributed by atoms with Crippen molar-refractivity contribution in [2.24, 2.45) is 0 Å². The number of carbonyl (C=O) groups is 2. The van der Waals surface area contributed by atoms with Crippen molar-refractivity contribution in [3.63, 3.8) is 0 Å². The summed E-state index contributed by atoms with van der Waals surface area (Å²) in [6.45, 7) is 4.86. The summed E-state index contributed by atoms with van der Waals surface area (Å²) in [5, 5.41) is 3.46. The molecule has 0 bridgehead atoms. The van der Waals surface area contributed by atoms with Crippen LogP contribution in [0.3, 0.4) is 0 Å². The number of hydrogen-bond acceptors (Lipinski definition) is 6. The number of nitrogens with one attached hydrogen (secondary N) is 1. The number of carbonyl (C=O) groups excluding carboxylic acids is 2. The van der Waals surface area contributed by atoms with E-state index in [-0.39, 0.29) is 17.7 Å². The van der Waals surface area contributed by atoms with Gasteiger partial charge in [-0.15, -0.1) is 0 Å². The van der Waals surface area contributed by atoms with Crippen LogP contribution in [0.2, 0.25) is 0 Å². The Morgan fingerprint density at radius 3 is 2.70 bits per heavy atom. The Morgan fingerprint density at radius 2 is 1.97 bits per heavy atom. The Hall–Kier alpha value is -3.26. The molecule has 0 spiro atoms. The summed E-state index contributed by atoms with van der Waals surface area (Å²) in [4.78, 5) is 40.0. The number of amides is 2. The Morgan fingerprint density at radius 1 is 1.15 bits per heavy atom. The summed E-state index contributed by atoms with van der Waals surface area (Å²) in [7, 11) is 0. The van der Waals surface area contributed by atoms with Crippen molar-refractivity contribution in [3.05, 3.63) is 77.4 Å². The van der Waals surface area contributed by atoms with E-state index in [1.54, 1.807) is 42.2 Å². The number of piperidine rings is 1. The molecular formula is C25H27N5O2S. The number of aromatic nitrogens is 3. The van der Waals surface area contributed by atoms with Crippen LogP contribution in [0.1, 0.15) is 53.0 Å². The monoisotopic (exact) mass is 461 g/mol. The molecule has 7 nitrogen and oxygen atoms in total. The zero-order valence-corrected chi connectivity index (χ0v) is 19.6. The number of anilines is 1. The molecule has 8 heteroatoms. The van der Waals surface area contributed by atoms with Gasteiger partial charge in [0.2, 0.25) is 5.91 Å². The molecule has 1 aliphatic rings. The lowest BCUT2D eigenvalue weighted by Gasteiger charge is -2.33.